The van der Waals surface area contributed by atoms with Gasteiger partial charge in [0.2, 0.25) is 0 Å². The molecule has 7 rings (SSSR count). The lowest BCUT2D eigenvalue weighted by Crippen LogP contribution is -2.49. The summed E-state index contributed by atoms with van der Waals surface area (Å²) in [5.41, 5.74) is 14.8. The molecule has 4 nitrogen and oxygen atoms in total. The summed E-state index contributed by atoms with van der Waals surface area (Å²) in [5, 5.41) is 0. The van der Waals surface area contributed by atoms with Gasteiger partial charge in [-0.05, 0) is 142 Å². The van der Waals surface area contributed by atoms with E-state index in [0.29, 0.717) is 16.7 Å². The molecule has 1 heterocycles. The summed E-state index contributed by atoms with van der Waals surface area (Å²) in [7, 11) is 0. The SMILES string of the molecule is C=C(C1CCCCC1)N(CC12CCC(c3ccc(CC)c(C)c3)(CC1)CC2)c1cc(/C(C=NC2(C)CCC2)=C/N)ccn1. The number of pyridine rings is 1. The molecule has 5 fully saturated rings. The second-order valence-electron chi connectivity index (χ2n) is 14.8. The van der Waals surface area contributed by atoms with E-state index in [1.807, 2.05) is 12.4 Å². The Morgan fingerprint density at radius 1 is 1.00 bits per heavy atom. The molecule has 2 aromatic rings. The fourth-order valence-electron chi connectivity index (χ4n) is 8.68. The first-order valence-electron chi connectivity index (χ1n) is 17.3. The van der Waals surface area contributed by atoms with Gasteiger partial charge < -0.3 is 10.6 Å². The number of allylic oxidation sites excluding steroid dienone is 2. The third-order valence-corrected chi connectivity index (χ3v) is 12.1. The van der Waals surface area contributed by atoms with Crippen molar-refractivity contribution in [2.75, 3.05) is 11.4 Å². The fraction of sp³-hybridized carbons (Fsp3) is 0.590. The molecule has 5 saturated carbocycles. The highest BCUT2D eigenvalue weighted by molar-refractivity contribution is 6.10. The molecule has 5 aliphatic carbocycles. The van der Waals surface area contributed by atoms with Crippen molar-refractivity contribution < 1.29 is 0 Å². The zero-order valence-corrected chi connectivity index (χ0v) is 27.1. The van der Waals surface area contributed by atoms with Gasteiger partial charge in [-0.25, -0.2) is 4.98 Å². The predicted octanol–water partition coefficient (Wildman–Crippen LogP) is 9.46. The van der Waals surface area contributed by atoms with Crippen molar-refractivity contribution in [3.05, 3.63) is 77.3 Å². The topological polar surface area (TPSA) is 54.5 Å². The van der Waals surface area contributed by atoms with Crippen LogP contribution < -0.4 is 10.6 Å². The van der Waals surface area contributed by atoms with Crippen molar-refractivity contribution in [1.82, 2.24) is 4.98 Å². The average Bonchev–Trinajstić information content (AvgIpc) is 3.04. The van der Waals surface area contributed by atoms with E-state index in [9.17, 15) is 0 Å². The Morgan fingerprint density at radius 3 is 2.33 bits per heavy atom. The zero-order valence-electron chi connectivity index (χ0n) is 27.1. The van der Waals surface area contributed by atoms with Crippen molar-refractivity contribution in [1.29, 1.82) is 0 Å². The molecular formula is C39H54N4. The molecule has 2 bridgehead atoms. The molecule has 5 aliphatic rings. The first kappa shape index (κ1) is 30.2. The summed E-state index contributed by atoms with van der Waals surface area (Å²) in [6, 6.07) is 11.7. The number of aromatic nitrogens is 1. The molecule has 0 aliphatic heterocycles. The maximum absolute atomic E-state index is 6.17. The van der Waals surface area contributed by atoms with Crippen LogP contribution in [0, 0.1) is 18.3 Å². The van der Waals surface area contributed by atoms with Gasteiger partial charge in [0.05, 0.1) is 5.54 Å². The van der Waals surface area contributed by atoms with Crippen molar-refractivity contribution in [2.45, 2.75) is 128 Å². The molecule has 1 aromatic heterocycles. The van der Waals surface area contributed by atoms with Crippen LogP contribution >= 0.6 is 0 Å². The highest BCUT2D eigenvalue weighted by Crippen LogP contribution is 2.58. The number of nitrogens with two attached hydrogens (primary N) is 1. The number of nitrogens with zero attached hydrogens (tertiary/aromatic N) is 3. The monoisotopic (exact) mass is 578 g/mol. The van der Waals surface area contributed by atoms with E-state index in [1.54, 1.807) is 11.8 Å². The van der Waals surface area contributed by atoms with Gasteiger partial charge in [-0.3, -0.25) is 4.99 Å². The maximum atomic E-state index is 6.17. The number of rotatable bonds is 10. The third kappa shape index (κ3) is 6.08. The van der Waals surface area contributed by atoms with Crippen LogP contribution in [0.1, 0.15) is 126 Å². The van der Waals surface area contributed by atoms with Crippen molar-refractivity contribution in [3.63, 3.8) is 0 Å². The van der Waals surface area contributed by atoms with Crippen LogP contribution in [0.4, 0.5) is 5.82 Å². The molecule has 0 spiro atoms. The van der Waals surface area contributed by atoms with E-state index in [-0.39, 0.29) is 5.54 Å². The van der Waals surface area contributed by atoms with Crippen LogP contribution in [0.15, 0.2) is 60.0 Å². The molecule has 0 saturated heterocycles. The summed E-state index contributed by atoms with van der Waals surface area (Å²) in [4.78, 5) is 12.5. The third-order valence-electron chi connectivity index (χ3n) is 12.1. The lowest BCUT2D eigenvalue weighted by Gasteiger charge is -2.55. The fourth-order valence-corrected chi connectivity index (χ4v) is 8.68. The number of hydrogen-bond donors (Lipinski definition) is 1. The Bertz CT molecular complexity index is 1350. The van der Waals surface area contributed by atoms with Crippen LogP contribution in [0.2, 0.25) is 0 Å². The molecule has 4 heteroatoms. The van der Waals surface area contributed by atoms with Crippen LogP contribution in [-0.2, 0) is 11.8 Å². The van der Waals surface area contributed by atoms with Crippen molar-refractivity contribution in [3.8, 4) is 0 Å². The standard InChI is InChI=1S/C39H54N4/c1-5-31-12-13-35(24-29(31)2)39-20-17-38(18-21-39,19-22-39)28-43(30(3)32-10-7-6-8-11-32)36-25-33(14-23-41-36)34(26-40)27-42-37(4)15-9-16-37/h12-14,23-27,32H,3,5-11,15-22,28,40H2,1-2,4H3/b34-26+,42-27?. The van der Waals surface area contributed by atoms with Gasteiger partial charge in [-0.15, -0.1) is 0 Å². The number of fused-ring (bicyclic) bond motifs is 3. The van der Waals surface area contributed by atoms with Gasteiger partial charge in [0, 0.05) is 36.4 Å². The van der Waals surface area contributed by atoms with Gasteiger partial charge in [-0.2, -0.15) is 0 Å². The smallest absolute Gasteiger partial charge is 0.133 e. The minimum Gasteiger partial charge on any atom is -0.404 e. The normalized spacial score (nSPS) is 27.3. The molecule has 0 unspecified atom stereocenters. The average molecular weight is 579 g/mol. The van der Waals surface area contributed by atoms with Crippen molar-refractivity contribution >= 4 is 17.6 Å². The second-order valence-corrected chi connectivity index (χ2v) is 14.8. The lowest BCUT2D eigenvalue weighted by molar-refractivity contribution is 0.0459. The van der Waals surface area contributed by atoms with Crippen LogP contribution in [0.3, 0.4) is 0 Å². The molecular weight excluding hydrogens is 524 g/mol. The van der Waals surface area contributed by atoms with E-state index in [0.717, 1.165) is 42.8 Å². The number of benzene rings is 1. The van der Waals surface area contributed by atoms with E-state index in [2.05, 4.69) is 56.0 Å². The van der Waals surface area contributed by atoms with E-state index >= 15 is 0 Å². The largest absolute Gasteiger partial charge is 0.404 e. The number of aliphatic imine (C=N–C) groups is 1. The molecule has 1 aromatic carbocycles. The Hall–Kier alpha value is -2.88. The molecule has 0 atom stereocenters. The Morgan fingerprint density at radius 2 is 1.72 bits per heavy atom. The first-order valence-corrected chi connectivity index (χ1v) is 17.3. The molecule has 0 radical (unpaired) electrons. The highest BCUT2D eigenvalue weighted by atomic mass is 15.2. The number of anilines is 1. The maximum Gasteiger partial charge on any atom is 0.133 e. The predicted molar refractivity (Wildman–Crippen MR) is 183 cm³/mol. The van der Waals surface area contributed by atoms with Crippen molar-refractivity contribution in [2.24, 2.45) is 22.1 Å². The lowest BCUT2D eigenvalue weighted by atomic mass is 9.51. The summed E-state index contributed by atoms with van der Waals surface area (Å²) in [6.07, 6.45) is 24.6. The van der Waals surface area contributed by atoms with Crippen LogP contribution in [-0.4, -0.2) is 23.3 Å². The van der Waals surface area contributed by atoms with E-state index in [1.165, 1.54) is 93.9 Å². The van der Waals surface area contributed by atoms with Crippen LogP contribution in [0.5, 0.6) is 0 Å². The molecule has 2 N–H and O–H groups in total. The van der Waals surface area contributed by atoms with Gasteiger partial charge in [0.1, 0.15) is 5.82 Å². The minimum absolute atomic E-state index is 0.0680. The Balaban J connectivity index is 1.25. The van der Waals surface area contributed by atoms with E-state index in [4.69, 9.17) is 22.3 Å². The highest BCUT2D eigenvalue weighted by Gasteiger charge is 2.50. The second kappa shape index (κ2) is 12.3. The zero-order chi connectivity index (χ0) is 30.1. The summed E-state index contributed by atoms with van der Waals surface area (Å²) in [5.74, 6) is 1.57. The van der Waals surface area contributed by atoms with Gasteiger partial charge >= 0.3 is 0 Å². The van der Waals surface area contributed by atoms with Gasteiger partial charge in [-0.1, -0.05) is 51.0 Å². The summed E-state index contributed by atoms with van der Waals surface area (Å²) in [6.45, 7) is 12.6. The molecule has 0 amide bonds. The molecule has 43 heavy (non-hydrogen) atoms. The quantitative estimate of drug-likeness (QED) is 0.286. The Labute approximate surface area is 261 Å². The number of aryl methyl sites for hydroxylation is 2. The minimum atomic E-state index is 0.0680. The van der Waals surface area contributed by atoms with E-state index < -0.39 is 0 Å². The Kier molecular flexibility index (Phi) is 8.59. The summed E-state index contributed by atoms with van der Waals surface area (Å²) >= 11 is 0. The number of hydrogen-bond acceptors (Lipinski definition) is 4. The molecule has 230 valence electrons. The van der Waals surface area contributed by atoms with Gasteiger partial charge in [0.15, 0.2) is 0 Å². The van der Waals surface area contributed by atoms with Gasteiger partial charge in [0.25, 0.3) is 0 Å². The summed E-state index contributed by atoms with van der Waals surface area (Å²) < 4.78 is 0. The first-order chi connectivity index (χ1) is 20.8. The van der Waals surface area contributed by atoms with Crippen LogP contribution in [0.25, 0.3) is 5.57 Å².